The van der Waals surface area contributed by atoms with Crippen LogP contribution < -0.4 is 10.2 Å². The molecule has 0 fully saturated rings. The highest BCUT2D eigenvalue weighted by Gasteiger charge is 2.14. The molecule has 0 aliphatic carbocycles. The summed E-state index contributed by atoms with van der Waals surface area (Å²) in [6.07, 6.45) is 0. The van der Waals surface area contributed by atoms with Crippen molar-refractivity contribution in [1.82, 2.24) is 5.32 Å². The third-order valence-corrected chi connectivity index (χ3v) is 3.99. The lowest BCUT2D eigenvalue weighted by Crippen LogP contribution is -2.18. The van der Waals surface area contributed by atoms with Gasteiger partial charge in [0.15, 0.2) is 0 Å². The van der Waals surface area contributed by atoms with E-state index in [2.05, 4.69) is 62.3 Å². The molecule has 0 spiro atoms. The lowest BCUT2D eigenvalue weighted by molar-refractivity contribution is 0.726. The van der Waals surface area contributed by atoms with E-state index in [0.717, 1.165) is 23.8 Å². The van der Waals surface area contributed by atoms with E-state index in [1.165, 1.54) is 22.4 Å². The van der Waals surface area contributed by atoms with Crippen LogP contribution in [-0.2, 0) is 6.54 Å². The summed E-state index contributed by atoms with van der Waals surface area (Å²) in [5.41, 5.74) is 6.01. The molecule has 0 atom stereocenters. The summed E-state index contributed by atoms with van der Waals surface area (Å²) in [6.45, 7) is 8.13. The van der Waals surface area contributed by atoms with E-state index in [1.54, 1.807) is 0 Å². The minimum Gasteiger partial charge on any atom is -0.343 e. The molecule has 0 saturated heterocycles. The highest BCUT2D eigenvalue weighted by molar-refractivity contribution is 6.33. The first kappa shape index (κ1) is 15.9. The smallest absolute Gasteiger partial charge is 0.0646 e. The van der Waals surface area contributed by atoms with Crippen LogP contribution in [-0.4, -0.2) is 13.6 Å². The Balaban J connectivity index is 2.44. The van der Waals surface area contributed by atoms with E-state index < -0.39 is 0 Å². The number of rotatable bonds is 5. The van der Waals surface area contributed by atoms with Crippen LogP contribution in [0.3, 0.4) is 0 Å². The van der Waals surface area contributed by atoms with Gasteiger partial charge in [-0.2, -0.15) is 0 Å². The fraction of sp³-hybridized carbons (Fsp3) is 0.333. The summed E-state index contributed by atoms with van der Waals surface area (Å²) in [4.78, 5) is 2.18. The Labute approximate surface area is 132 Å². The third kappa shape index (κ3) is 3.58. The van der Waals surface area contributed by atoms with Gasteiger partial charge in [-0.25, -0.2) is 0 Å². The van der Waals surface area contributed by atoms with Gasteiger partial charge in [0.2, 0.25) is 0 Å². The quantitative estimate of drug-likeness (QED) is 0.850. The fourth-order valence-electron chi connectivity index (χ4n) is 2.64. The second kappa shape index (κ2) is 6.97. The minimum absolute atomic E-state index is 0.785. The molecule has 21 heavy (non-hydrogen) atoms. The maximum atomic E-state index is 6.47. The van der Waals surface area contributed by atoms with Crippen LogP contribution in [0.15, 0.2) is 36.4 Å². The Morgan fingerprint density at radius 3 is 2.57 bits per heavy atom. The van der Waals surface area contributed by atoms with Crippen molar-refractivity contribution in [3.63, 3.8) is 0 Å². The first-order chi connectivity index (χ1) is 10.0. The average Bonchev–Trinajstić information content (AvgIpc) is 2.44. The molecule has 0 radical (unpaired) electrons. The highest BCUT2D eigenvalue weighted by atomic mass is 35.5. The summed E-state index contributed by atoms with van der Waals surface area (Å²) in [5.74, 6) is 0. The molecular formula is C18H23ClN2. The minimum atomic E-state index is 0.785. The van der Waals surface area contributed by atoms with Crippen molar-refractivity contribution in [2.45, 2.75) is 27.3 Å². The number of anilines is 2. The monoisotopic (exact) mass is 302 g/mol. The summed E-state index contributed by atoms with van der Waals surface area (Å²) in [7, 11) is 2.08. The van der Waals surface area contributed by atoms with Gasteiger partial charge in [0.1, 0.15) is 0 Å². The Morgan fingerprint density at radius 2 is 1.90 bits per heavy atom. The molecule has 0 amide bonds. The van der Waals surface area contributed by atoms with Crippen LogP contribution in [0.25, 0.3) is 0 Å². The van der Waals surface area contributed by atoms with Gasteiger partial charge in [-0.3, -0.25) is 0 Å². The largest absolute Gasteiger partial charge is 0.343 e. The number of halogens is 1. The molecule has 2 rings (SSSR count). The maximum absolute atomic E-state index is 6.47. The predicted octanol–water partition coefficient (Wildman–Crippen LogP) is 4.83. The van der Waals surface area contributed by atoms with Crippen LogP contribution in [0.4, 0.5) is 11.4 Å². The summed E-state index contributed by atoms with van der Waals surface area (Å²) in [5, 5.41) is 4.16. The van der Waals surface area contributed by atoms with Gasteiger partial charge in [0.05, 0.1) is 10.7 Å². The third-order valence-electron chi connectivity index (χ3n) is 3.68. The van der Waals surface area contributed by atoms with Crippen LogP contribution in [0.2, 0.25) is 5.02 Å². The van der Waals surface area contributed by atoms with Crippen molar-refractivity contribution in [3.05, 3.63) is 58.1 Å². The first-order valence-electron chi connectivity index (χ1n) is 7.33. The van der Waals surface area contributed by atoms with Crippen molar-refractivity contribution in [1.29, 1.82) is 0 Å². The van der Waals surface area contributed by atoms with Crippen molar-refractivity contribution in [2.24, 2.45) is 0 Å². The maximum Gasteiger partial charge on any atom is 0.0646 e. The van der Waals surface area contributed by atoms with E-state index in [1.807, 2.05) is 12.1 Å². The Hall–Kier alpha value is -1.51. The van der Waals surface area contributed by atoms with Crippen molar-refractivity contribution in [3.8, 4) is 0 Å². The van der Waals surface area contributed by atoms with Gasteiger partial charge in [0.25, 0.3) is 0 Å². The lowest BCUT2D eigenvalue weighted by Gasteiger charge is -2.26. The molecule has 1 N–H and O–H groups in total. The number of nitrogens with one attached hydrogen (secondary N) is 1. The SMILES string of the molecule is CCNCc1cccc(Cl)c1N(C)c1ccc(C)cc1C. The van der Waals surface area contributed by atoms with Crippen molar-refractivity contribution in [2.75, 3.05) is 18.5 Å². The van der Waals surface area contributed by atoms with Gasteiger partial charge in [-0.15, -0.1) is 0 Å². The number of benzene rings is 2. The summed E-state index contributed by atoms with van der Waals surface area (Å²) < 4.78 is 0. The highest BCUT2D eigenvalue weighted by Crippen LogP contribution is 2.35. The van der Waals surface area contributed by atoms with E-state index in [4.69, 9.17) is 11.6 Å². The van der Waals surface area contributed by atoms with Gasteiger partial charge < -0.3 is 10.2 Å². The lowest BCUT2D eigenvalue weighted by atomic mass is 10.1. The molecule has 0 aromatic heterocycles. The number of nitrogens with zero attached hydrogens (tertiary/aromatic N) is 1. The zero-order valence-electron chi connectivity index (χ0n) is 13.2. The molecule has 2 nitrogen and oxygen atoms in total. The number of aryl methyl sites for hydroxylation is 2. The van der Waals surface area contributed by atoms with E-state index in [0.29, 0.717) is 0 Å². The molecule has 0 unspecified atom stereocenters. The van der Waals surface area contributed by atoms with Crippen molar-refractivity contribution >= 4 is 23.0 Å². The van der Waals surface area contributed by atoms with E-state index in [9.17, 15) is 0 Å². The van der Waals surface area contributed by atoms with Crippen molar-refractivity contribution < 1.29 is 0 Å². The van der Waals surface area contributed by atoms with Gasteiger partial charge in [0, 0.05) is 19.3 Å². The second-order valence-electron chi connectivity index (χ2n) is 5.38. The number of hydrogen-bond donors (Lipinski definition) is 1. The summed E-state index contributed by atoms with van der Waals surface area (Å²) in [6, 6.07) is 12.6. The number of para-hydroxylation sites is 1. The molecular weight excluding hydrogens is 280 g/mol. The molecule has 112 valence electrons. The topological polar surface area (TPSA) is 15.3 Å². The van der Waals surface area contributed by atoms with E-state index in [-0.39, 0.29) is 0 Å². The van der Waals surface area contributed by atoms with E-state index >= 15 is 0 Å². The normalized spacial score (nSPS) is 10.7. The Bertz CT molecular complexity index is 623. The average molecular weight is 303 g/mol. The Kier molecular flexibility index (Phi) is 5.27. The van der Waals surface area contributed by atoms with Gasteiger partial charge >= 0.3 is 0 Å². The van der Waals surface area contributed by atoms with Crippen LogP contribution in [0.5, 0.6) is 0 Å². The first-order valence-corrected chi connectivity index (χ1v) is 7.71. The standard InChI is InChI=1S/C18H23ClN2/c1-5-20-12-15-7-6-8-16(19)18(15)21(4)17-10-9-13(2)11-14(17)3/h6-11,20H,5,12H2,1-4H3. The van der Waals surface area contributed by atoms with Crippen LogP contribution >= 0.6 is 11.6 Å². The molecule has 3 heteroatoms. The second-order valence-corrected chi connectivity index (χ2v) is 5.78. The Morgan fingerprint density at radius 1 is 1.14 bits per heavy atom. The van der Waals surface area contributed by atoms with Crippen LogP contribution in [0, 0.1) is 13.8 Å². The molecule has 0 saturated carbocycles. The zero-order chi connectivity index (χ0) is 15.4. The van der Waals surface area contributed by atoms with Crippen LogP contribution in [0.1, 0.15) is 23.6 Å². The van der Waals surface area contributed by atoms with Gasteiger partial charge in [-0.1, -0.05) is 48.4 Å². The number of hydrogen-bond acceptors (Lipinski definition) is 2. The fourth-order valence-corrected chi connectivity index (χ4v) is 2.96. The molecule has 2 aromatic rings. The molecule has 0 bridgehead atoms. The molecule has 0 heterocycles. The zero-order valence-corrected chi connectivity index (χ0v) is 14.0. The predicted molar refractivity (Wildman–Crippen MR) is 92.8 cm³/mol. The summed E-state index contributed by atoms with van der Waals surface area (Å²) >= 11 is 6.47. The molecule has 0 aliphatic rings. The molecule has 0 aliphatic heterocycles. The molecule has 2 aromatic carbocycles. The van der Waals surface area contributed by atoms with Gasteiger partial charge in [-0.05, 0) is 43.7 Å².